The summed E-state index contributed by atoms with van der Waals surface area (Å²) in [5, 5.41) is 19.4. The Hall–Kier alpha value is -1.18. The third kappa shape index (κ3) is 4.25. The van der Waals surface area contributed by atoms with Gasteiger partial charge in [0.1, 0.15) is 6.10 Å². The molecule has 0 aliphatic heterocycles. The molecule has 1 aromatic heterocycles. The van der Waals surface area contributed by atoms with Crippen molar-refractivity contribution in [1.82, 2.24) is 4.98 Å². The topological polar surface area (TPSA) is 96.4 Å². The van der Waals surface area contributed by atoms with E-state index in [1.165, 1.54) is 13.1 Å². The third-order valence-electron chi connectivity index (χ3n) is 2.32. The lowest BCUT2D eigenvalue weighted by Gasteiger charge is -2.17. The molecule has 5 nitrogen and oxygen atoms in total. The maximum atomic E-state index is 13.1. The molecule has 0 saturated carbocycles. The maximum Gasteiger partial charge on any atom is 0.185 e. The van der Waals surface area contributed by atoms with E-state index in [2.05, 4.69) is 4.98 Å². The zero-order valence-electron chi connectivity index (χ0n) is 9.84. The van der Waals surface area contributed by atoms with Crippen molar-refractivity contribution in [2.75, 3.05) is 11.5 Å². The van der Waals surface area contributed by atoms with Gasteiger partial charge in [0.25, 0.3) is 0 Å². The minimum atomic E-state index is -1.25. The molecule has 4 N–H and O–H groups in total. The van der Waals surface area contributed by atoms with Gasteiger partial charge in [-0.1, -0.05) is 11.8 Å². The number of nitrogens with zero attached hydrogens (tertiary/aromatic N) is 1. The van der Waals surface area contributed by atoms with E-state index in [4.69, 9.17) is 5.73 Å². The summed E-state index contributed by atoms with van der Waals surface area (Å²) in [4.78, 5) is 14.3. The molecule has 1 heterocycles. The first-order chi connectivity index (χ1) is 8.41. The molecular weight excluding hydrogens is 259 g/mol. The van der Waals surface area contributed by atoms with Crippen LogP contribution in [0, 0.1) is 5.82 Å². The van der Waals surface area contributed by atoms with Crippen molar-refractivity contribution in [1.29, 1.82) is 0 Å². The standard InChI is InChI=1S/C11H15FN2O3S/c1-6(15)18-3-2-9(16)10(17)7-4-8(12)11(13)14-5-7/h4-5,9-10,16-17H,2-3H2,1H3,(H2,13,14). The molecule has 2 unspecified atom stereocenters. The molecular formula is C11H15FN2O3S. The zero-order valence-corrected chi connectivity index (χ0v) is 10.7. The molecule has 0 aromatic carbocycles. The Bertz CT molecular complexity index is 431. The molecule has 0 aliphatic rings. The number of hydrogen-bond acceptors (Lipinski definition) is 6. The summed E-state index contributed by atoms with van der Waals surface area (Å²) in [5.41, 5.74) is 5.36. The van der Waals surface area contributed by atoms with Gasteiger partial charge >= 0.3 is 0 Å². The van der Waals surface area contributed by atoms with E-state index in [0.29, 0.717) is 5.75 Å². The summed E-state index contributed by atoms with van der Waals surface area (Å²) in [7, 11) is 0. The lowest BCUT2D eigenvalue weighted by Crippen LogP contribution is -2.19. The monoisotopic (exact) mass is 274 g/mol. The van der Waals surface area contributed by atoms with Crippen LogP contribution in [0.3, 0.4) is 0 Å². The average molecular weight is 274 g/mol. The molecule has 18 heavy (non-hydrogen) atoms. The summed E-state index contributed by atoms with van der Waals surface area (Å²) in [6.07, 6.45) is -0.899. The molecule has 100 valence electrons. The lowest BCUT2D eigenvalue weighted by atomic mass is 10.0. The molecule has 1 aromatic rings. The smallest absolute Gasteiger partial charge is 0.185 e. The predicted molar refractivity (Wildman–Crippen MR) is 67.3 cm³/mol. The first-order valence-electron chi connectivity index (χ1n) is 5.32. The van der Waals surface area contributed by atoms with Crippen molar-refractivity contribution < 1.29 is 19.4 Å². The highest BCUT2D eigenvalue weighted by Crippen LogP contribution is 2.21. The molecule has 0 aliphatic carbocycles. The first-order valence-corrected chi connectivity index (χ1v) is 6.30. The van der Waals surface area contributed by atoms with Gasteiger partial charge in [-0.15, -0.1) is 0 Å². The summed E-state index contributed by atoms with van der Waals surface area (Å²) in [6, 6.07) is 1.04. The number of carbonyl (C=O) groups is 1. The number of thioether (sulfide) groups is 1. The van der Waals surface area contributed by atoms with Crippen LogP contribution in [0.25, 0.3) is 0 Å². The number of pyridine rings is 1. The normalized spacial score (nSPS) is 14.2. The van der Waals surface area contributed by atoms with Crippen LogP contribution < -0.4 is 5.73 Å². The van der Waals surface area contributed by atoms with Crippen LogP contribution in [0.2, 0.25) is 0 Å². The fourth-order valence-electron chi connectivity index (χ4n) is 1.33. The predicted octanol–water partition coefficient (Wildman–Crippen LogP) is 0.867. The van der Waals surface area contributed by atoms with Crippen molar-refractivity contribution >= 4 is 22.7 Å². The lowest BCUT2D eigenvalue weighted by molar-refractivity contribution is -0.109. The summed E-state index contributed by atoms with van der Waals surface area (Å²) >= 11 is 1.06. The van der Waals surface area contributed by atoms with Crippen molar-refractivity contribution in [2.24, 2.45) is 0 Å². The van der Waals surface area contributed by atoms with Gasteiger partial charge in [0.15, 0.2) is 16.8 Å². The zero-order chi connectivity index (χ0) is 13.7. The van der Waals surface area contributed by atoms with E-state index >= 15 is 0 Å². The highest BCUT2D eigenvalue weighted by molar-refractivity contribution is 8.13. The van der Waals surface area contributed by atoms with Gasteiger partial charge in [-0.3, -0.25) is 4.79 Å². The average Bonchev–Trinajstić information content (AvgIpc) is 2.31. The molecule has 7 heteroatoms. The van der Waals surface area contributed by atoms with E-state index in [0.717, 1.165) is 17.8 Å². The van der Waals surface area contributed by atoms with Crippen LogP contribution in [0.5, 0.6) is 0 Å². The van der Waals surface area contributed by atoms with Crippen LogP contribution in [0.1, 0.15) is 25.0 Å². The number of halogens is 1. The summed E-state index contributed by atoms with van der Waals surface area (Å²) < 4.78 is 13.1. The van der Waals surface area contributed by atoms with Crippen molar-refractivity contribution in [3.63, 3.8) is 0 Å². The van der Waals surface area contributed by atoms with Crippen LogP contribution in [0.15, 0.2) is 12.3 Å². The number of nitrogens with two attached hydrogens (primary N) is 1. The largest absolute Gasteiger partial charge is 0.390 e. The number of aromatic nitrogens is 1. The van der Waals surface area contributed by atoms with Gasteiger partial charge in [-0.2, -0.15) is 0 Å². The van der Waals surface area contributed by atoms with Gasteiger partial charge in [0.05, 0.1) is 6.10 Å². The van der Waals surface area contributed by atoms with Crippen LogP contribution in [0.4, 0.5) is 10.2 Å². The Labute approximate surface area is 108 Å². The first kappa shape index (κ1) is 14.9. The van der Waals surface area contributed by atoms with E-state index in [1.54, 1.807) is 0 Å². The quantitative estimate of drug-likeness (QED) is 0.737. The van der Waals surface area contributed by atoms with Gasteiger partial charge in [0.2, 0.25) is 0 Å². The maximum absolute atomic E-state index is 13.1. The van der Waals surface area contributed by atoms with Crippen LogP contribution in [-0.2, 0) is 4.79 Å². The number of rotatable bonds is 5. The molecule has 2 atom stereocenters. The van der Waals surface area contributed by atoms with Gasteiger partial charge in [-0.25, -0.2) is 9.37 Å². The molecule has 0 fully saturated rings. The van der Waals surface area contributed by atoms with Crippen LogP contribution in [-0.4, -0.2) is 32.2 Å². The Morgan fingerprint density at radius 3 is 2.83 bits per heavy atom. The van der Waals surface area contributed by atoms with Gasteiger partial charge < -0.3 is 15.9 Å². The molecule has 0 radical (unpaired) electrons. The fourth-order valence-corrected chi connectivity index (χ4v) is 1.98. The van der Waals surface area contributed by atoms with Gasteiger partial charge in [0, 0.05) is 24.4 Å². The SMILES string of the molecule is CC(=O)SCCC(O)C(O)c1cnc(N)c(F)c1. The molecule has 1 rings (SSSR count). The second-order valence-corrected chi connectivity index (χ2v) is 5.05. The Kier molecular flexibility index (Phi) is 5.52. The number of hydrogen-bond donors (Lipinski definition) is 3. The second kappa shape index (κ2) is 6.67. The summed E-state index contributed by atoms with van der Waals surface area (Å²) in [5.74, 6) is -0.609. The van der Waals surface area contributed by atoms with E-state index in [1.807, 2.05) is 0 Å². The summed E-state index contributed by atoms with van der Waals surface area (Å²) in [6.45, 7) is 1.42. The second-order valence-electron chi connectivity index (χ2n) is 3.78. The number of aliphatic hydroxyl groups excluding tert-OH is 2. The minimum absolute atomic E-state index is 0.0584. The van der Waals surface area contributed by atoms with E-state index in [-0.39, 0.29) is 22.9 Å². The Morgan fingerprint density at radius 1 is 1.61 bits per heavy atom. The van der Waals surface area contributed by atoms with Crippen LogP contribution >= 0.6 is 11.8 Å². The van der Waals surface area contributed by atoms with Crippen molar-refractivity contribution in [3.8, 4) is 0 Å². The molecule has 0 spiro atoms. The van der Waals surface area contributed by atoms with E-state index < -0.39 is 18.0 Å². The highest BCUT2D eigenvalue weighted by atomic mass is 32.2. The molecule has 0 saturated heterocycles. The Morgan fingerprint density at radius 2 is 2.28 bits per heavy atom. The minimum Gasteiger partial charge on any atom is -0.390 e. The number of anilines is 1. The Balaban J connectivity index is 2.59. The highest BCUT2D eigenvalue weighted by Gasteiger charge is 2.19. The number of carbonyl (C=O) groups excluding carboxylic acids is 1. The fraction of sp³-hybridized carbons (Fsp3) is 0.455. The van der Waals surface area contributed by atoms with Crippen molar-refractivity contribution in [2.45, 2.75) is 25.6 Å². The molecule has 0 bridgehead atoms. The molecule has 0 amide bonds. The van der Waals surface area contributed by atoms with Gasteiger partial charge in [-0.05, 0) is 12.5 Å². The number of aliphatic hydroxyl groups is 2. The third-order valence-corrected chi connectivity index (χ3v) is 3.16. The number of nitrogen functional groups attached to an aromatic ring is 1. The van der Waals surface area contributed by atoms with E-state index in [9.17, 15) is 19.4 Å². The van der Waals surface area contributed by atoms with Crippen molar-refractivity contribution in [3.05, 3.63) is 23.6 Å².